The average Bonchev–Trinajstić information content (AvgIpc) is 2.61. The Hall–Kier alpha value is -1.55. The van der Waals surface area contributed by atoms with Gasteiger partial charge < -0.3 is 9.64 Å². The summed E-state index contributed by atoms with van der Waals surface area (Å²) in [6.45, 7) is 8.68. The van der Waals surface area contributed by atoms with E-state index < -0.39 is 0 Å². The third-order valence-electron chi connectivity index (χ3n) is 5.09. The Morgan fingerprint density at radius 1 is 1.08 bits per heavy atom. The van der Waals surface area contributed by atoms with Gasteiger partial charge in [-0.15, -0.1) is 0 Å². The minimum Gasteiger partial charge on any atom is -0.494 e. The van der Waals surface area contributed by atoms with E-state index in [-0.39, 0.29) is 5.92 Å². The summed E-state index contributed by atoms with van der Waals surface area (Å²) in [5.74, 6) is 1.44. The van der Waals surface area contributed by atoms with Crippen molar-refractivity contribution in [3.05, 3.63) is 29.8 Å². The van der Waals surface area contributed by atoms with Crippen LogP contribution in [-0.2, 0) is 11.3 Å². The van der Waals surface area contributed by atoms with Crippen molar-refractivity contribution in [1.82, 2.24) is 9.80 Å². The van der Waals surface area contributed by atoms with E-state index >= 15 is 0 Å². The number of carbonyl (C=O) groups excluding carboxylic acids is 1. The molecule has 0 atom stereocenters. The van der Waals surface area contributed by atoms with Crippen molar-refractivity contribution >= 4 is 5.91 Å². The summed E-state index contributed by atoms with van der Waals surface area (Å²) in [6.07, 6.45) is 7.33. The molecule has 4 nitrogen and oxygen atoms in total. The molecule has 4 heteroatoms. The smallest absolute Gasteiger partial charge is 0.228 e. The summed E-state index contributed by atoms with van der Waals surface area (Å²) in [5, 5.41) is 0. The molecule has 1 fully saturated rings. The first-order chi connectivity index (χ1) is 12.6. The first-order valence-corrected chi connectivity index (χ1v) is 10.3. The van der Waals surface area contributed by atoms with Gasteiger partial charge in [-0.05, 0) is 30.5 Å². The van der Waals surface area contributed by atoms with Crippen LogP contribution in [0.1, 0.15) is 57.9 Å². The molecule has 26 heavy (non-hydrogen) atoms. The van der Waals surface area contributed by atoms with E-state index in [0.29, 0.717) is 5.91 Å². The fourth-order valence-corrected chi connectivity index (χ4v) is 3.46. The molecular formula is C22H36N2O2. The van der Waals surface area contributed by atoms with E-state index in [9.17, 15) is 4.79 Å². The van der Waals surface area contributed by atoms with Crippen LogP contribution in [0.2, 0.25) is 0 Å². The Kier molecular flexibility index (Phi) is 8.96. The molecule has 1 heterocycles. The monoisotopic (exact) mass is 360 g/mol. The molecule has 0 spiro atoms. The number of rotatable bonds is 12. The molecule has 0 aromatic heterocycles. The Morgan fingerprint density at radius 2 is 1.77 bits per heavy atom. The summed E-state index contributed by atoms with van der Waals surface area (Å²) in [7, 11) is 1.91. The third kappa shape index (κ3) is 6.64. The first kappa shape index (κ1) is 20.8. The molecule has 2 rings (SSSR count). The van der Waals surface area contributed by atoms with Crippen molar-refractivity contribution in [2.45, 2.75) is 58.9 Å². The lowest BCUT2D eigenvalue weighted by molar-refractivity contribution is -0.140. The Morgan fingerprint density at radius 3 is 2.42 bits per heavy atom. The summed E-state index contributed by atoms with van der Waals surface area (Å²) >= 11 is 0. The minimum atomic E-state index is 0.182. The van der Waals surface area contributed by atoms with Crippen LogP contribution in [0.25, 0.3) is 0 Å². The molecule has 0 saturated carbocycles. The van der Waals surface area contributed by atoms with Crippen LogP contribution in [0.15, 0.2) is 24.3 Å². The molecular weight excluding hydrogens is 324 g/mol. The van der Waals surface area contributed by atoms with Gasteiger partial charge in [-0.25, -0.2) is 0 Å². The van der Waals surface area contributed by atoms with Crippen LogP contribution < -0.4 is 4.74 Å². The van der Waals surface area contributed by atoms with Gasteiger partial charge >= 0.3 is 0 Å². The lowest BCUT2D eigenvalue weighted by Crippen LogP contribution is -2.53. The topological polar surface area (TPSA) is 32.8 Å². The Bertz CT molecular complexity index is 523. The van der Waals surface area contributed by atoms with Crippen molar-refractivity contribution in [3.8, 4) is 5.75 Å². The number of hydrogen-bond donors (Lipinski definition) is 0. The Labute approximate surface area is 159 Å². The predicted octanol–water partition coefficient (Wildman–Crippen LogP) is 4.34. The summed E-state index contributed by atoms with van der Waals surface area (Å²) in [6, 6.07) is 8.42. The number of ether oxygens (including phenoxy) is 1. The van der Waals surface area contributed by atoms with Gasteiger partial charge in [-0.1, -0.05) is 51.7 Å². The predicted molar refractivity (Wildman–Crippen MR) is 107 cm³/mol. The lowest BCUT2D eigenvalue weighted by Gasteiger charge is -2.40. The maximum atomic E-state index is 12.2. The van der Waals surface area contributed by atoms with E-state index in [1.165, 1.54) is 31.2 Å². The van der Waals surface area contributed by atoms with Gasteiger partial charge in [0.15, 0.2) is 0 Å². The van der Waals surface area contributed by atoms with Crippen molar-refractivity contribution in [2.24, 2.45) is 5.92 Å². The molecule has 0 unspecified atom stereocenters. The molecule has 1 amide bonds. The molecule has 1 aliphatic heterocycles. The van der Waals surface area contributed by atoms with E-state index in [2.05, 4.69) is 43.0 Å². The van der Waals surface area contributed by atoms with Crippen LogP contribution in [0.5, 0.6) is 5.75 Å². The molecule has 0 radical (unpaired) electrons. The average molecular weight is 361 g/mol. The van der Waals surface area contributed by atoms with Crippen LogP contribution in [0.4, 0.5) is 0 Å². The van der Waals surface area contributed by atoms with E-state index in [1.807, 2.05) is 11.9 Å². The number of amides is 1. The van der Waals surface area contributed by atoms with Gasteiger partial charge in [0.1, 0.15) is 5.75 Å². The highest BCUT2D eigenvalue weighted by Crippen LogP contribution is 2.22. The molecule has 146 valence electrons. The van der Waals surface area contributed by atoms with Crippen LogP contribution >= 0.6 is 0 Å². The lowest BCUT2D eigenvalue weighted by atomic mass is 9.97. The summed E-state index contributed by atoms with van der Waals surface area (Å²) < 4.78 is 5.82. The zero-order valence-corrected chi connectivity index (χ0v) is 16.9. The summed E-state index contributed by atoms with van der Waals surface area (Å²) in [4.78, 5) is 16.4. The number of unbranched alkanes of at least 4 members (excludes halogenated alkanes) is 4. The standard InChI is InChI=1S/C22H36N2O2/c1-4-6-7-8-9-15-26-21-12-10-19(11-13-21)16-24-17-20(18-24)22(25)23(3)14-5-2/h10-13,20H,4-9,14-18H2,1-3H3. The highest BCUT2D eigenvalue weighted by Gasteiger charge is 2.33. The van der Waals surface area contributed by atoms with Gasteiger partial charge in [0.2, 0.25) is 5.91 Å². The number of carbonyl (C=O) groups is 1. The van der Waals surface area contributed by atoms with Gasteiger partial charge in [0.05, 0.1) is 12.5 Å². The minimum absolute atomic E-state index is 0.182. The second kappa shape index (κ2) is 11.2. The Balaban J connectivity index is 1.63. The van der Waals surface area contributed by atoms with Crippen molar-refractivity contribution in [3.63, 3.8) is 0 Å². The van der Waals surface area contributed by atoms with Crippen molar-refractivity contribution < 1.29 is 9.53 Å². The molecule has 1 aromatic rings. The van der Waals surface area contributed by atoms with E-state index in [0.717, 1.165) is 51.4 Å². The molecule has 0 N–H and O–H groups in total. The largest absolute Gasteiger partial charge is 0.494 e. The highest BCUT2D eigenvalue weighted by molar-refractivity contribution is 5.79. The first-order valence-electron chi connectivity index (χ1n) is 10.3. The maximum absolute atomic E-state index is 12.2. The van der Waals surface area contributed by atoms with Gasteiger partial charge in [-0.2, -0.15) is 0 Å². The molecule has 0 aliphatic carbocycles. The number of benzene rings is 1. The fourth-order valence-electron chi connectivity index (χ4n) is 3.46. The van der Waals surface area contributed by atoms with Crippen LogP contribution in [0.3, 0.4) is 0 Å². The highest BCUT2D eigenvalue weighted by atomic mass is 16.5. The maximum Gasteiger partial charge on any atom is 0.228 e. The van der Waals surface area contributed by atoms with Gasteiger partial charge in [0, 0.05) is 33.2 Å². The van der Waals surface area contributed by atoms with Crippen LogP contribution in [0, 0.1) is 5.92 Å². The van der Waals surface area contributed by atoms with Gasteiger partial charge in [0.25, 0.3) is 0 Å². The molecule has 1 saturated heterocycles. The summed E-state index contributed by atoms with van der Waals surface area (Å²) in [5.41, 5.74) is 1.29. The zero-order valence-electron chi connectivity index (χ0n) is 16.9. The molecule has 1 aliphatic rings. The SMILES string of the molecule is CCCCCCCOc1ccc(CN2CC(C(=O)N(C)CCC)C2)cc1. The number of hydrogen-bond acceptors (Lipinski definition) is 3. The number of likely N-dealkylation sites (tertiary alicyclic amines) is 1. The van der Waals surface area contributed by atoms with Crippen molar-refractivity contribution in [2.75, 3.05) is 33.3 Å². The molecule has 0 bridgehead atoms. The molecule has 1 aromatic carbocycles. The number of nitrogens with zero attached hydrogens (tertiary/aromatic N) is 2. The normalized spacial score (nSPS) is 14.9. The van der Waals surface area contributed by atoms with Crippen molar-refractivity contribution in [1.29, 1.82) is 0 Å². The fraction of sp³-hybridized carbons (Fsp3) is 0.682. The second-order valence-corrected chi connectivity index (χ2v) is 7.56. The van der Waals surface area contributed by atoms with Crippen LogP contribution in [-0.4, -0.2) is 49.0 Å². The zero-order chi connectivity index (χ0) is 18.8. The quantitative estimate of drug-likeness (QED) is 0.520. The van der Waals surface area contributed by atoms with E-state index in [1.54, 1.807) is 0 Å². The van der Waals surface area contributed by atoms with E-state index in [4.69, 9.17) is 4.74 Å². The third-order valence-corrected chi connectivity index (χ3v) is 5.09. The van der Waals surface area contributed by atoms with Gasteiger partial charge in [-0.3, -0.25) is 9.69 Å². The second-order valence-electron chi connectivity index (χ2n) is 7.56.